The van der Waals surface area contributed by atoms with Gasteiger partial charge in [-0.15, -0.1) is 0 Å². The molecule has 0 spiro atoms. The van der Waals surface area contributed by atoms with Crippen LogP contribution >= 0.6 is 0 Å². The summed E-state index contributed by atoms with van der Waals surface area (Å²) < 4.78 is 0. The topological polar surface area (TPSA) is 95.7 Å². The maximum Gasteiger partial charge on any atom is 0.248 e. The fraction of sp³-hybridized carbons (Fsp3) is 0.438. The molecule has 0 saturated heterocycles. The average Bonchev–Trinajstić information content (AvgIpc) is 2.48. The van der Waals surface area contributed by atoms with Gasteiger partial charge in [-0.25, -0.2) is 0 Å². The third kappa shape index (κ3) is 6.07. The second-order valence-corrected chi connectivity index (χ2v) is 5.23. The molecular weight excluding hydrogens is 296 g/mol. The van der Waals surface area contributed by atoms with Gasteiger partial charge in [-0.05, 0) is 45.2 Å². The number of hydrogen-bond donors (Lipinski definition) is 2. The van der Waals surface area contributed by atoms with Crippen LogP contribution in [0.5, 0.6) is 0 Å². The molecule has 0 unspecified atom stereocenters. The van der Waals surface area contributed by atoms with Crippen LogP contribution in [0.1, 0.15) is 24.2 Å². The summed E-state index contributed by atoms with van der Waals surface area (Å²) in [5.41, 5.74) is 6.11. The Morgan fingerprint density at radius 3 is 2.09 bits per heavy atom. The van der Waals surface area contributed by atoms with Crippen molar-refractivity contribution in [1.29, 1.82) is 0 Å². The van der Waals surface area contributed by atoms with Crippen LogP contribution in [-0.4, -0.2) is 60.7 Å². The normalized spacial score (nSPS) is 10.4. The lowest BCUT2D eigenvalue weighted by atomic mass is 10.2. The van der Waals surface area contributed by atoms with Gasteiger partial charge in [0, 0.05) is 24.3 Å². The second kappa shape index (κ2) is 8.89. The molecule has 1 aromatic rings. The highest BCUT2D eigenvalue weighted by Crippen LogP contribution is 2.09. The molecule has 3 N–H and O–H groups in total. The molecule has 1 rings (SSSR count). The first-order valence-electron chi connectivity index (χ1n) is 7.53. The fourth-order valence-electron chi connectivity index (χ4n) is 2.13. The third-order valence-electron chi connectivity index (χ3n) is 3.39. The summed E-state index contributed by atoms with van der Waals surface area (Å²) in [5, 5.41) is 2.71. The molecule has 0 bridgehead atoms. The molecule has 0 aliphatic rings. The number of nitrogens with one attached hydrogen (secondary N) is 1. The number of anilines is 1. The van der Waals surface area contributed by atoms with Crippen LogP contribution in [0.4, 0.5) is 5.69 Å². The van der Waals surface area contributed by atoms with Gasteiger partial charge in [-0.1, -0.05) is 0 Å². The maximum atomic E-state index is 12.0. The zero-order valence-corrected chi connectivity index (χ0v) is 13.8. The Balaban J connectivity index is 2.49. The molecule has 0 aliphatic carbocycles. The molecule has 1 aromatic carbocycles. The summed E-state index contributed by atoms with van der Waals surface area (Å²) in [7, 11) is 1.72. The molecule has 0 atom stereocenters. The van der Waals surface area contributed by atoms with E-state index in [2.05, 4.69) is 5.32 Å². The van der Waals surface area contributed by atoms with Gasteiger partial charge in [0.1, 0.15) is 0 Å². The molecule has 0 fully saturated rings. The smallest absolute Gasteiger partial charge is 0.248 e. The summed E-state index contributed by atoms with van der Waals surface area (Å²) in [6.45, 7) is 5.44. The molecule has 0 aromatic heterocycles. The lowest BCUT2D eigenvalue weighted by molar-refractivity contribution is -0.132. The molecule has 126 valence electrons. The quantitative estimate of drug-likeness (QED) is 0.730. The molecule has 0 radical (unpaired) electrons. The number of benzene rings is 1. The van der Waals surface area contributed by atoms with Crippen LogP contribution in [0.15, 0.2) is 24.3 Å². The molecule has 7 heteroatoms. The largest absolute Gasteiger partial charge is 0.366 e. The van der Waals surface area contributed by atoms with Crippen molar-refractivity contribution in [2.75, 3.05) is 38.5 Å². The van der Waals surface area contributed by atoms with Gasteiger partial charge in [-0.3, -0.25) is 19.3 Å². The maximum absolute atomic E-state index is 12.0. The van der Waals surface area contributed by atoms with E-state index in [1.54, 1.807) is 41.1 Å². The van der Waals surface area contributed by atoms with E-state index in [-0.39, 0.29) is 24.9 Å². The SMILES string of the molecule is CCN(CC)C(=O)CN(C)CC(=O)Nc1ccc(C(N)=O)cc1. The highest BCUT2D eigenvalue weighted by atomic mass is 16.2. The molecular formula is C16H24N4O3. The lowest BCUT2D eigenvalue weighted by Gasteiger charge is -2.22. The average molecular weight is 320 g/mol. The van der Waals surface area contributed by atoms with Crippen LogP contribution in [0, 0.1) is 0 Å². The number of hydrogen-bond acceptors (Lipinski definition) is 4. The van der Waals surface area contributed by atoms with Gasteiger partial charge in [0.25, 0.3) is 0 Å². The van der Waals surface area contributed by atoms with Gasteiger partial charge in [0.15, 0.2) is 0 Å². The lowest BCUT2D eigenvalue weighted by Crippen LogP contribution is -2.41. The van der Waals surface area contributed by atoms with E-state index >= 15 is 0 Å². The monoisotopic (exact) mass is 320 g/mol. The van der Waals surface area contributed by atoms with E-state index in [0.717, 1.165) is 0 Å². The van der Waals surface area contributed by atoms with Crippen molar-refractivity contribution >= 4 is 23.4 Å². The summed E-state index contributed by atoms with van der Waals surface area (Å²) in [6, 6.07) is 6.31. The van der Waals surface area contributed by atoms with Crippen molar-refractivity contribution in [2.45, 2.75) is 13.8 Å². The van der Waals surface area contributed by atoms with E-state index in [0.29, 0.717) is 24.3 Å². The van der Waals surface area contributed by atoms with Crippen LogP contribution in [0.2, 0.25) is 0 Å². The number of carbonyl (C=O) groups excluding carboxylic acids is 3. The highest BCUT2D eigenvalue weighted by molar-refractivity contribution is 5.95. The number of primary amides is 1. The molecule has 7 nitrogen and oxygen atoms in total. The molecule has 0 heterocycles. The molecule has 0 aliphatic heterocycles. The van der Waals surface area contributed by atoms with Crippen molar-refractivity contribution in [3.8, 4) is 0 Å². The fourth-order valence-corrected chi connectivity index (χ4v) is 2.13. The van der Waals surface area contributed by atoms with Crippen LogP contribution < -0.4 is 11.1 Å². The zero-order valence-electron chi connectivity index (χ0n) is 13.8. The van der Waals surface area contributed by atoms with Gasteiger partial charge in [-0.2, -0.15) is 0 Å². The molecule has 0 saturated carbocycles. The Bertz CT molecular complexity index is 553. The van der Waals surface area contributed by atoms with Gasteiger partial charge in [0.2, 0.25) is 17.7 Å². The van der Waals surface area contributed by atoms with Gasteiger partial charge in [0.05, 0.1) is 13.1 Å². The Hall–Kier alpha value is -2.41. The van der Waals surface area contributed by atoms with E-state index in [9.17, 15) is 14.4 Å². The Labute approximate surface area is 136 Å². The summed E-state index contributed by atoms with van der Waals surface area (Å²) in [4.78, 5) is 38.3. The van der Waals surface area contributed by atoms with E-state index in [4.69, 9.17) is 5.73 Å². The van der Waals surface area contributed by atoms with Crippen molar-refractivity contribution in [2.24, 2.45) is 5.73 Å². The molecule has 3 amide bonds. The number of rotatable bonds is 8. The van der Waals surface area contributed by atoms with Crippen LogP contribution in [-0.2, 0) is 9.59 Å². The zero-order chi connectivity index (χ0) is 17.4. The number of nitrogens with zero attached hydrogens (tertiary/aromatic N) is 2. The van der Waals surface area contributed by atoms with Crippen LogP contribution in [0.25, 0.3) is 0 Å². The van der Waals surface area contributed by atoms with Crippen molar-refractivity contribution in [3.05, 3.63) is 29.8 Å². The molecule has 23 heavy (non-hydrogen) atoms. The number of amides is 3. The first kappa shape index (κ1) is 18.6. The van der Waals surface area contributed by atoms with Crippen LogP contribution in [0.3, 0.4) is 0 Å². The first-order chi connectivity index (χ1) is 10.9. The second-order valence-electron chi connectivity index (χ2n) is 5.23. The van der Waals surface area contributed by atoms with Crippen molar-refractivity contribution in [3.63, 3.8) is 0 Å². The minimum Gasteiger partial charge on any atom is -0.366 e. The third-order valence-corrected chi connectivity index (χ3v) is 3.39. The Morgan fingerprint density at radius 2 is 1.61 bits per heavy atom. The number of carbonyl (C=O) groups is 3. The summed E-state index contributed by atoms with van der Waals surface area (Å²) in [6.07, 6.45) is 0. The van der Waals surface area contributed by atoms with E-state index in [1.165, 1.54) is 0 Å². The van der Waals surface area contributed by atoms with Gasteiger partial charge < -0.3 is 16.0 Å². The van der Waals surface area contributed by atoms with Crippen molar-refractivity contribution in [1.82, 2.24) is 9.80 Å². The highest BCUT2D eigenvalue weighted by Gasteiger charge is 2.14. The van der Waals surface area contributed by atoms with Crippen molar-refractivity contribution < 1.29 is 14.4 Å². The van der Waals surface area contributed by atoms with E-state index in [1.807, 2.05) is 13.8 Å². The standard InChI is InChI=1S/C16H24N4O3/c1-4-20(5-2)15(22)11-19(3)10-14(21)18-13-8-6-12(7-9-13)16(17)23/h6-9H,4-5,10-11H2,1-3H3,(H2,17,23)(H,18,21). The minimum atomic E-state index is -0.516. The number of nitrogens with two attached hydrogens (primary N) is 1. The number of likely N-dealkylation sites (N-methyl/N-ethyl adjacent to an activating group) is 2. The first-order valence-corrected chi connectivity index (χ1v) is 7.53. The minimum absolute atomic E-state index is 0.00360. The summed E-state index contributed by atoms with van der Waals surface area (Å²) >= 11 is 0. The van der Waals surface area contributed by atoms with Gasteiger partial charge >= 0.3 is 0 Å². The van der Waals surface area contributed by atoms with E-state index < -0.39 is 5.91 Å². The predicted octanol–water partition coefficient (Wildman–Crippen LogP) is 0.524. The Morgan fingerprint density at radius 1 is 1.04 bits per heavy atom. The summed E-state index contributed by atoms with van der Waals surface area (Å²) in [5.74, 6) is -0.750. The predicted molar refractivity (Wildman–Crippen MR) is 89.0 cm³/mol. The Kier molecular flexibility index (Phi) is 7.21.